The van der Waals surface area contributed by atoms with E-state index in [0.717, 1.165) is 30.1 Å². The molecule has 0 radical (unpaired) electrons. The molecule has 34 heavy (non-hydrogen) atoms. The second-order valence-electron chi connectivity index (χ2n) is 7.99. The van der Waals surface area contributed by atoms with Gasteiger partial charge in [0.2, 0.25) is 5.78 Å². The SMILES string of the molecule is COc1ccc(CCn2c(C)cc(C(=O)COC(=O)CCCNC(=O)c3ccsc3)c2C)cc1. The lowest BCUT2D eigenvalue weighted by molar-refractivity contribution is -0.142. The zero-order valence-electron chi connectivity index (χ0n) is 19.8. The van der Waals surface area contributed by atoms with Gasteiger partial charge in [0.1, 0.15) is 5.75 Å². The second-order valence-corrected chi connectivity index (χ2v) is 8.77. The van der Waals surface area contributed by atoms with Crippen molar-refractivity contribution in [1.29, 1.82) is 0 Å². The lowest BCUT2D eigenvalue weighted by Crippen LogP contribution is -2.24. The Balaban J connectivity index is 1.43. The molecule has 1 N–H and O–H groups in total. The highest BCUT2D eigenvalue weighted by atomic mass is 32.1. The number of aromatic nitrogens is 1. The summed E-state index contributed by atoms with van der Waals surface area (Å²) in [6, 6.07) is 11.5. The van der Waals surface area contributed by atoms with Crippen LogP contribution in [-0.2, 0) is 22.5 Å². The van der Waals surface area contributed by atoms with E-state index in [1.54, 1.807) is 18.6 Å². The topological polar surface area (TPSA) is 86.6 Å². The van der Waals surface area contributed by atoms with E-state index < -0.39 is 5.97 Å². The summed E-state index contributed by atoms with van der Waals surface area (Å²) in [6.45, 7) is 4.70. The first-order valence-electron chi connectivity index (χ1n) is 11.2. The Labute approximate surface area is 203 Å². The van der Waals surface area contributed by atoms with Crippen LogP contribution in [0, 0.1) is 13.8 Å². The molecule has 0 aliphatic rings. The van der Waals surface area contributed by atoms with Gasteiger partial charge in [-0.3, -0.25) is 14.4 Å². The molecule has 1 aromatic carbocycles. The number of benzene rings is 1. The van der Waals surface area contributed by atoms with Gasteiger partial charge in [0.25, 0.3) is 5.91 Å². The van der Waals surface area contributed by atoms with Crippen LogP contribution in [0.25, 0.3) is 0 Å². The van der Waals surface area contributed by atoms with E-state index in [0.29, 0.717) is 24.1 Å². The average molecular weight is 483 g/mol. The number of nitrogens with zero attached hydrogens (tertiary/aromatic N) is 1. The van der Waals surface area contributed by atoms with Crippen LogP contribution in [0.4, 0.5) is 0 Å². The third-order valence-corrected chi connectivity index (χ3v) is 6.33. The van der Waals surface area contributed by atoms with Gasteiger partial charge in [0.15, 0.2) is 6.61 Å². The summed E-state index contributed by atoms with van der Waals surface area (Å²) in [4.78, 5) is 36.5. The predicted molar refractivity (Wildman–Crippen MR) is 132 cm³/mol. The Morgan fingerprint density at radius 2 is 1.85 bits per heavy atom. The maximum absolute atomic E-state index is 12.7. The molecule has 8 heteroatoms. The Kier molecular flexibility index (Phi) is 9.04. The molecule has 0 fully saturated rings. The molecule has 180 valence electrons. The third-order valence-electron chi connectivity index (χ3n) is 5.65. The summed E-state index contributed by atoms with van der Waals surface area (Å²) in [5.41, 5.74) is 4.22. The summed E-state index contributed by atoms with van der Waals surface area (Å²) in [5, 5.41) is 6.37. The number of ether oxygens (including phenoxy) is 2. The fraction of sp³-hybridized carbons (Fsp3) is 0.346. The lowest BCUT2D eigenvalue weighted by Gasteiger charge is -2.10. The minimum atomic E-state index is -0.452. The Morgan fingerprint density at radius 3 is 2.53 bits per heavy atom. The van der Waals surface area contributed by atoms with E-state index in [9.17, 15) is 14.4 Å². The van der Waals surface area contributed by atoms with E-state index in [-0.39, 0.29) is 24.7 Å². The van der Waals surface area contributed by atoms with Crippen molar-refractivity contribution >= 4 is 29.0 Å². The number of nitrogens with one attached hydrogen (secondary N) is 1. The molecule has 0 aliphatic carbocycles. The summed E-state index contributed by atoms with van der Waals surface area (Å²) in [7, 11) is 1.64. The van der Waals surface area contributed by atoms with Gasteiger partial charge in [-0.25, -0.2) is 0 Å². The number of Topliss-reactive ketones (excluding diaryl/α,β-unsaturated/α-hetero) is 1. The Morgan fingerprint density at radius 1 is 1.09 bits per heavy atom. The molecular weight excluding hydrogens is 452 g/mol. The highest BCUT2D eigenvalue weighted by Crippen LogP contribution is 2.18. The van der Waals surface area contributed by atoms with Crippen LogP contribution in [0.2, 0.25) is 0 Å². The number of thiophene rings is 1. The van der Waals surface area contributed by atoms with Crippen molar-refractivity contribution in [2.24, 2.45) is 0 Å². The van der Waals surface area contributed by atoms with E-state index in [1.807, 2.05) is 49.6 Å². The lowest BCUT2D eigenvalue weighted by atomic mass is 10.1. The fourth-order valence-corrected chi connectivity index (χ4v) is 4.32. The number of methoxy groups -OCH3 is 1. The van der Waals surface area contributed by atoms with Gasteiger partial charge in [-0.1, -0.05) is 12.1 Å². The molecule has 7 nitrogen and oxygen atoms in total. The van der Waals surface area contributed by atoms with Crippen LogP contribution in [0.3, 0.4) is 0 Å². The van der Waals surface area contributed by atoms with Gasteiger partial charge in [0, 0.05) is 47.4 Å². The first-order valence-corrected chi connectivity index (χ1v) is 12.1. The molecular formula is C26H30N2O5S. The van der Waals surface area contributed by atoms with Gasteiger partial charge in [0.05, 0.1) is 7.11 Å². The molecule has 0 bridgehead atoms. The molecule has 2 heterocycles. The van der Waals surface area contributed by atoms with Crippen molar-refractivity contribution in [3.63, 3.8) is 0 Å². The summed E-state index contributed by atoms with van der Waals surface area (Å²) >= 11 is 1.45. The molecule has 0 saturated heterocycles. The standard InChI is InChI=1S/C26H30N2O5S/c1-18-15-23(19(2)28(18)13-10-20-6-8-22(32-3)9-7-20)24(29)16-33-25(30)5-4-12-27-26(31)21-11-14-34-17-21/h6-9,11,14-15,17H,4-5,10,12-13,16H2,1-3H3,(H,27,31). The van der Waals surface area contributed by atoms with Crippen molar-refractivity contribution < 1.29 is 23.9 Å². The highest BCUT2D eigenvalue weighted by Gasteiger charge is 2.17. The normalized spacial score (nSPS) is 10.7. The molecule has 0 spiro atoms. The fourth-order valence-electron chi connectivity index (χ4n) is 3.69. The minimum Gasteiger partial charge on any atom is -0.497 e. The molecule has 0 unspecified atom stereocenters. The number of hydrogen-bond donors (Lipinski definition) is 1. The monoisotopic (exact) mass is 482 g/mol. The van der Waals surface area contributed by atoms with Crippen LogP contribution in [0.15, 0.2) is 47.2 Å². The molecule has 2 aromatic heterocycles. The summed E-state index contributed by atoms with van der Waals surface area (Å²) < 4.78 is 12.5. The first kappa shape index (κ1) is 25.2. The molecule has 3 aromatic rings. The number of aryl methyl sites for hydroxylation is 2. The molecule has 0 saturated carbocycles. The van der Waals surface area contributed by atoms with Crippen molar-refractivity contribution in [3.8, 4) is 5.75 Å². The Hall–Kier alpha value is -3.39. The molecule has 3 rings (SSSR count). The van der Waals surface area contributed by atoms with Gasteiger partial charge in [-0.15, -0.1) is 0 Å². The van der Waals surface area contributed by atoms with Gasteiger partial charge in [-0.2, -0.15) is 11.3 Å². The van der Waals surface area contributed by atoms with E-state index in [2.05, 4.69) is 9.88 Å². The van der Waals surface area contributed by atoms with Gasteiger partial charge in [-0.05, 0) is 61.9 Å². The van der Waals surface area contributed by atoms with Crippen molar-refractivity contribution in [2.75, 3.05) is 20.3 Å². The minimum absolute atomic E-state index is 0.137. The van der Waals surface area contributed by atoms with Gasteiger partial charge < -0.3 is 19.4 Å². The number of amides is 1. The number of carbonyl (C=O) groups is 3. The molecule has 1 amide bonds. The van der Waals surface area contributed by atoms with Crippen LogP contribution in [0.1, 0.15) is 50.5 Å². The number of hydrogen-bond acceptors (Lipinski definition) is 6. The summed E-state index contributed by atoms with van der Waals surface area (Å²) in [6.07, 6.45) is 1.41. The number of esters is 1. The first-order chi connectivity index (χ1) is 16.4. The third kappa shape index (κ3) is 6.81. The van der Waals surface area contributed by atoms with Gasteiger partial charge >= 0.3 is 5.97 Å². The zero-order valence-corrected chi connectivity index (χ0v) is 20.6. The van der Waals surface area contributed by atoms with Crippen LogP contribution < -0.4 is 10.1 Å². The van der Waals surface area contributed by atoms with Crippen molar-refractivity contribution in [2.45, 2.75) is 39.7 Å². The average Bonchev–Trinajstić information content (AvgIpc) is 3.48. The second kappa shape index (κ2) is 12.2. The van der Waals surface area contributed by atoms with Crippen molar-refractivity contribution in [1.82, 2.24) is 9.88 Å². The maximum atomic E-state index is 12.7. The maximum Gasteiger partial charge on any atom is 0.306 e. The van der Waals surface area contributed by atoms with Crippen LogP contribution in [-0.4, -0.2) is 42.5 Å². The molecule has 0 aliphatic heterocycles. The number of carbonyl (C=O) groups excluding carboxylic acids is 3. The largest absolute Gasteiger partial charge is 0.497 e. The zero-order chi connectivity index (χ0) is 24.5. The van der Waals surface area contributed by atoms with Crippen molar-refractivity contribution in [3.05, 3.63) is 75.2 Å². The van der Waals surface area contributed by atoms with E-state index >= 15 is 0 Å². The van der Waals surface area contributed by atoms with E-state index in [1.165, 1.54) is 16.9 Å². The van der Waals surface area contributed by atoms with Crippen LogP contribution in [0.5, 0.6) is 5.75 Å². The Bertz CT molecular complexity index is 1120. The number of rotatable bonds is 12. The smallest absolute Gasteiger partial charge is 0.306 e. The number of ketones is 1. The highest BCUT2D eigenvalue weighted by molar-refractivity contribution is 7.08. The van der Waals surface area contributed by atoms with Crippen LogP contribution >= 0.6 is 11.3 Å². The predicted octanol–water partition coefficient (Wildman–Crippen LogP) is 4.35. The quantitative estimate of drug-likeness (QED) is 0.236. The molecule has 0 atom stereocenters. The van der Waals surface area contributed by atoms with E-state index in [4.69, 9.17) is 9.47 Å². The summed E-state index contributed by atoms with van der Waals surface area (Å²) in [5.74, 6) is -0.0101.